The number of hydrogen-bond acceptors (Lipinski definition) is 3. The summed E-state index contributed by atoms with van der Waals surface area (Å²) in [5.41, 5.74) is 7.84. The Morgan fingerprint density at radius 3 is 2.68 bits per heavy atom. The molecule has 2 rings (SSSR count). The molecule has 0 bridgehead atoms. The SMILES string of the molecule is CC(=O)c1cc(Nc2cc(F)ccc2Br)ccc1N. The second-order valence-electron chi connectivity index (χ2n) is 4.11. The van der Waals surface area contributed by atoms with Crippen molar-refractivity contribution in [2.75, 3.05) is 11.1 Å². The van der Waals surface area contributed by atoms with E-state index >= 15 is 0 Å². The Balaban J connectivity index is 2.36. The van der Waals surface area contributed by atoms with Crippen LogP contribution in [-0.2, 0) is 0 Å². The Hall–Kier alpha value is -1.88. The Morgan fingerprint density at radius 2 is 2.00 bits per heavy atom. The zero-order chi connectivity index (χ0) is 14.0. The Labute approximate surface area is 118 Å². The van der Waals surface area contributed by atoms with Gasteiger partial charge in [0.2, 0.25) is 0 Å². The number of hydrogen-bond donors (Lipinski definition) is 2. The highest BCUT2D eigenvalue weighted by Gasteiger charge is 2.07. The second kappa shape index (κ2) is 5.40. The van der Waals surface area contributed by atoms with Gasteiger partial charge < -0.3 is 11.1 Å². The highest BCUT2D eigenvalue weighted by atomic mass is 79.9. The largest absolute Gasteiger partial charge is 0.398 e. The number of ketones is 1. The molecule has 3 nitrogen and oxygen atoms in total. The predicted octanol–water partition coefficient (Wildman–Crippen LogP) is 4.12. The van der Waals surface area contributed by atoms with E-state index in [1.54, 1.807) is 24.3 Å². The fourth-order valence-electron chi connectivity index (χ4n) is 1.69. The summed E-state index contributed by atoms with van der Waals surface area (Å²) in [6.45, 7) is 1.45. The molecule has 3 N–H and O–H groups in total. The van der Waals surface area contributed by atoms with Crippen molar-refractivity contribution in [3.8, 4) is 0 Å². The maximum absolute atomic E-state index is 13.2. The lowest BCUT2D eigenvalue weighted by Crippen LogP contribution is -2.01. The topological polar surface area (TPSA) is 55.1 Å². The van der Waals surface area contributed by atoms with E-state index in [0.29, 0.717) is 22.6 Å². The highest BCUT2D eigenvalue weighted by molar-refractivity contribution is 9.10. The number of nitrogens with one attached hydrogen (secondary N) is 1. The molecule has 0 heterocycles. The van der Waals surface area contributed by atoms with E-state index in [2.05, 4.69) is 21.2 Å². The van der Waals surface area contributed by atoms with Gasteiger partial charge in [0.05, 0.1) is 5.69 Å². The van der Waals surface area contributed by atoms with E-state index in [-0.39, 0.29) is 11.6 Å². The van der Waals surface area contributed by atoms with Gasteiger partial charge in [-0.1, -0.05) is 0 Å². The lowest BCUT2D eigenvalue weighted by atomic mass is 10.1. The number of halogens is 2. The van der Waals surface area contributed by atoms with Crippen molar-refractivity contribution >= 4 is 38.8 Å². The van der Waals surface area contributed by atoms with Crippen LogP contribution in [0.5, 0.6) is 0 Å². The van der Waals surface area contributed by atoms with Gasteiger partial charge in [-0.2, -0.15) is 0 Å². The minimum absolute atomic E-state index is 0.112. The highest BCUT2D eigenvalue weighted by Crippen LogP contribution is 2.28. The fraction of sp³-hybridized carbons (Fsp3) is 0.0714. The van der Waals surface area contributed by atoms with Crippen molar-refractivity contribution in [1.82, 2.24) is 0 Å². The first-order chi connectivity index (χ1) is 8.97. The van der Waals surface area contributed by atoms with Gasteiger partial charge in [-0.15, -0.1) is 0 Å². The number of Topliss-reactive ketones (excluding diaryl/α,β-unsaturated/α-hetero) is 1. The third-order valence-corrected chi connectivity index (χ3v) is 3.33. The number of nitrogen functional groups attached to an aromatic ring is 1. The number of carbonyl (C=O) groups is 1. The van der Waals surface area contributed by atoms with Crippen molar-refractivity contribution in [2.45, 2.75) is 6.92 Å². The molecule has 0 aliphatic rings. The summed E-state index contributed by atoms with van der Waals surface area (Å²) < 4.78 is 13.9. The summed E-state index contributed by atoms with van der Waals surface area (Å²) in [6.07, 6.45) is 0. The maximum Gasteiger partial charge on any atom is 0.161 e. The molecule has 0 saturated carbocycles. The third kappa shape index (κ3) is 3.12. The van der Waals surface area contributed by atoms with Crippen molar-refractivity contribution in [1.29, 1.82) is 0 Å². The van der Waals surface area contributed by atoms with Crippen LogP contribution in [0.3, 0.4) is 0 Å². The van der Waals surface area contributed by atoms with Crippen LogP contribution >= 0.6 is 15.9 Å². The van der Waals surface area contributed by atoms with E-state index < -0.39 is 0 Å². The standard InChI is InChI=1S/C14H12BrFN2O/c1-8(19)11-7-10(3-5-13(11)17)18-14-6-9(16)2-4-12(14)15/h2-7,18H,17H2,1H3. The molecule has 19 heavy (non-hydrogen) atoms. The van der Waals surface area contributed by atoms with Gasteiger partial charge in [-0.3, -0.25) is 4.79 Å². The number of benzene rings is 2. The number of anilines is 3. The average Bonchev–Trinajstić information content (AvgIpc) is 2.36. The summed E-state index contributed by atoms with van der Waals surface area (Å²) >= 11 is 3.33. The quantitative estimate of drug-likeness (QED) is 0.660. The van der Waals surface area contributed by atoms with Crippen LogP contribution in [0.1, 0.15) is 17.3 Å². The molecule has 0 aromatic heterocycles. The van der Waals surface area contributed by atoms with Crippen LogP contribution in [0.15, 0.2) is 40.9 Å². The van der Waals surface area contributed by atoms with E-state index in [9.17, 15) is 9.18 Å². The Bertz CT molecular complexity index is 643. The normalized spacial score (nSPS) is 10.3. The molecule has 0 aliphatic heterocycles. The van der Waals surface area contributed by atoms with E-state index in [4.69, 9.17) is 5.73 Å². The van der Waals surface area contributed by atoms with Crippen LogP contribution in [0, 0.1) is 5.82 Å². The smallest absolute Gasteiger partial charge is 0.161 e. The zero-order valence-corrected chi connectivity index (χ0v) is 11.8. The molecule has 98 valence electrons. The van der Waals surface area contributed by atoms with Crippen LogP contribution in [-0.4, -0.2) is 5.78 Å². The molecule has 0 amide bonds. The summed E-state index contributed by atoms with van der Waals surface area (Å²) in [5.74, 6) is -0.451. The van der Waals surface area contributed by atoms with Gasteiger partial charge in [0, 0.05) is 21.4 Å². The minimum atomic E-state index is -0.340. The van der Waals surface area contributed by atoms with Gasteiger partial charge in [-0.25, -0.2) is 4.39 Å². The fourth-order valence-corrected chi connectivity index (χ4v) is 2.03. The molecule has 0 fully saturated rings. The molecular weight excluding hydrogens is 311 g/mol. The number of rotatable bonds is 3. The van der Waals surface area contributed by atoms with Crippen molar-refractivity contribution in [3.63, 3.8) is 0 Å². The summed E-state index contributed by atoms with van der Waals surface area (Å²) in [5, 5.41) is 3.04. The summed E-state index contributed by atoms with van der Waals surface area (Å²) in [7, 11) is 0. The van der Waals surface area contributed by atoms with Crippen LogP contribution in [0.4, 0.5) is 21.5 Å². The third-order valence-electron chi connectivity index (χ3n) is 2.64. The molecule has 2 aromatic carbocycles. The zero-order valence-electron chi connectivity index (χ0n) is 10.2. The van der Waals surface area contributed by atoms with Crippen molar-refractivity contribution in [2.24, 2.45) is 0 Å². The molecule has 0 spiro atoms. The molecule has 0 saturated heterocycles. The van der Waals surface area contributed by atoms with Gasteiger partial charge in [-0.05, 0) is 59.3 Å². The molecule has 0 aliphatic carbocycles. The van der Waals surface area contributed by atoms with Crippen LogP contribution < -0.4 is 11.1 Å². The molecule has 2 aromatic rings. The molecule has 0 radical (unpaired) electrons. The first kappa shape index (κ1) is 13.5. The number of carbonyl (C=O) groups excluding carboxylic acids is 1. The lowest BCUT2D eigenvalue weighted by molar-refractivity contribution is 0.101. The van der Waals surface area contributed by atoms with E-state index in [1.807, 2.05) is 0 Å². The van der Waals surface area contributed by atoms with Gasteiger partial charge in [0.1, 0.15) is 5.82 Å². The monoisotopic (exact) mass is 322 g/mol. The van der Waals surface area contributed by atoms with Crippen molar-refractivity contribution in [3.05, 3.63) is 52.3 Å². The van der Waals surface area contributed by atoms with E-state index in [0.717, 1.165) is 4.47 Å². The summed E-state index contributed by atoms with van der Waals surface area (Å²) in [6, 6.07) is 9.37. The molecule has 0 atom stereocenters. The van der Waals surface area contributed by atoms with Crippen LogP contribution in [0.2, 0.25) is 0 Å². The molecule has 0 unspecified atom stereocenters. The predicted molar refractivity (Wildman–Crippen MR) is 78.2 cm³/mol. The van der Waals surface area contributed by atoms with Gasteiger partial charge in [0.25, 0.3) is 0 Å². The van der Waals surface area contributed by atoms with Gasteiger partial charge >= 0.3 is 0 Å². The van der Waals surface area contributed by atoms with E-state index in [1.165, 1.54) is 19.1 Å². The van der Waals surface area contributed by atoms with Crippen molar-refractivity contribution < 1.29 is 9.18 Å². The average molecular weight is 323 g/mol. The lowest BCUT2D eigenvalue weighted by Gasteiger charge is -2.11. The Morgan fingerprint density at radius 1 is 1.26 bits per heavy atom. The minimum Gasteiger partial charge on any atom is -0.398 e. The Kier molecular flexibility index (Phi) is 3.85. The molecule has 5 heteroatoms. The maximum atomic E-state index is 13.2. The number of nitrogens with two attached hydrogens (primary N) is 1. The first-order valence-electron chi connectivity index (χ1n) is 5.60. The summed E-state index contributed by atoms with van der Waals surface area (Å²) in [4.78, 5) is 11.4. The van der Waals surface area contributed by atoms with Gasteiger partial charge in [0.15, 0.2) is 5.78 Å². The first-order valence-corrected chi connectivity index (χ1v) is 6.39. The second-order valence-corrected chi connectivity index (χ2v) is 4.96. The van der Waals surface area contributed by atoms with Crippen LogP contribution in [0.25, 0.3) is 0 Å². The molecular formula is C14H12BrFN2O.